The second-order valence-corrected chi connectivity index (χ2v) is 5.46. The summed E-state index contributed by atoms with van der Waals surface area (Å²) in [6.07, 6.45) is 5.73. The van der Waals surface area contributed by atoms with Crippen LogP contribution in [0.3, 0.4) is 0 Å². The number of carbonyl (C=O) groups is 1. The van der Waals surface area contributed by atoms with Gasteiger partial charge in [-0.2, -0.15) is 0 Å². The van der Waals surface area contributed by atoms with E-state index in [9.17, 15) is 4.79 Å². The van der Waals surface area contributed by atoms with Crippen LogP contribution in [-0.4, -0.2) is 61.0 Å². The second-order valence-electron chi connectivity index (χ2n) is 5.46. The average Bonchev–Trinajstić information content (AvgIpc) is 2.93. The lowest BCUT2D eigenvalue weighted by atomic mass is 10.0. The first-order valence-electron chi connectivity index (χ1n) is 7.54. The molecule has 0 bridgehead atoms. The number of nitrogens with one attached hydrogen (secondary N) is 1. The van der Waals surface area contributed by atoms with Crippen LogP contribution >= 0.6 is 0 Å². The summed E-state index contributed by atoms with van der Waals surface area (Å²) in [7, 11) is 0. The summed E-state index contributed by atoms with van der Waals surface area (Å²) < 4.78 is 0. The number of hydrogen-bond donors (Lipinski definition) is 1. The van der Waals surface area contributed by atoms with E-state index in [1.165, 1.54) is 38.8 Å². The molecule has 0 aromatic rings. The largest absolute Gasteiger partial charge is 0.343 e. The predicted molar refractivity (Wildman–Crippen MR) is 73.6 cm³/mol. The minimum Gasteiger partial charge on any atom is -0.343 e. The first kappa shape index (κ1) is 13.8. The van der Waals surface area contributed by atoms with Crippen molar-refractivity contribution in [2.75, 3.05) is 39.3 Å². The number of hydrogen-bond acceptors (Lipinski definition) is 3. The molecule has 4 heteroatoms. The summed E-state index contributed by atoms with van der Waals surface area (Å²) >= 11 is 0. The molecule has 2 heterocycles. The van der Waals surface area contributed by atoms with E-state index in [-0.39, 0.29) is 0 Å². The van der Waals surface area contributed by atoms with Gasteiger partial charge in [0.05, 0.1) is 0 Å². The van der Waals surface area contributed by atoms with Crippen LogP contribution in [-0.2, 0) is 4.79 Å². The minimum atomic E-state index is 0.329. The zero-order valence-electron chi connectivity index (χ0n) is 11.7. The third-order valence-corrected chi connectivity index (χ3v) is 4.24. The Morgan fingerprint density at radius 1 is 1.17 bits per heavy atom. The predicted octanol–water partition coefficient (Wildman–Crippen LogP) is 1.07. The van der Waals surface area contributed by atoms with Crippen molar-refractivity contribution in [2.24, 2.45) is 0 Å². The molecule has 0 atom stereocenters. The number of carbonyl (C=O) groups excluding carboxylic acids is 1. The molecule has 0 aromatic carbocycles. The molecule has 0 saturated carbocycles. The maximum atomic E-state index is 12.0. The Morgan fingerprint density at radius 3 is 2.44 bits per heavy atom. The first-order valence-corrected chi connectivity index (χ1v) is 7.54. The van der Waals surface area contributed by atoms with Gasteiger partial charge < -0.3 is 15.1 Å². The van der Waals surface area contributed by atoms with Gasteiger partial charge in [-0.25, -0.2) is 0 Å². The molecule has 2 saturated heterocycles. The Bertz CT molecular complexity index is 256. The summed E-state index contributed by atoms with van der Waals surface area (Å²) in [5, 5.41) is 3.22. The third-order valence-electron chi connectivity index (χ3n) is 4.24. The van der Waals surface area contributed by atoms with Crippen molar-refractivity contribution in [1.82, 2.24) is 15.1 Å². The van der Waals surface area contributed by atoms with Gasteiger partial charge in [-0.05, 0) is 45.3 Å². The van der Waals surface area contributed by atoms with Crippen molar-refractivity contribution >= 4 is 5.91 Å². The molecule has 0 unspecified atom stereocenters. The zero-order valence-corrected chi connectivity index (χ0v) is 11.7. The van der Waals surface area contributed by atoms with Gasteiger partial charge in [-0.15, -0.1) is 0 Å². The topological polar surface area (TPSA) is 35.6 Å². The molecule has 18 heavy (non-hydrogen) atoms. The maximum Gasteiger partial charge on any atom is 0.223 e. The minimum absolute atomic E-state index is 0.329. The van der Waals surface area contributed by atoms with Gasteiger partial charge in [0.15, 0.2) is 0 Å². The molecule has 2 aliphatic heterocycles. The average molecular weight is 253 g/mol. The van der Waals surface area contributed by atoms with Gasteiger partial charge in [-0.3, -0.25) is 4.79 Å². The van der Waals surface area contributed by atoms with Crippen molar-refractivity contribution in [3.8, 4) is 0 Å². The Labute approximate surface area is 111 Å². The lowest BCUT2D eigenvalue weighted by molar-refractivity contribution is -0.132. The van der Waals surface area contributed by atoms with Crippen LogP contribution in [0.5, 0.6) is 0 Å². The van der Waals surface area contributed by atoms with E-state index >= 15 is 0 Å². The van der Waals surface area contributed by atoms with E-state index in [1.807, 2.05) is 0 Å². The molecule has 4 nitrogen and oxygen atoms in total. The van der Waals surface area contributed by atoms with Crippen LogP contribution in [0.4, 0.5) is 0 Å². The molecule has 0 aliphatic carbocycles. The molecular formula is C14H27N3O. The fourth-order valence-electron chi connectivity index (χ4n) is 3.12. The monoisotopic (exact) mass is 253 g/mol. The summed E-state index contributed by atoms with van der Waals surface area (Å²) in [5.41, 5.74) is 0. The highest BCUT2D eigenvalue weighted by Gasteiger charge is 2.27. The van der Waals surface area contributed by atoms with Gasteiger partial charge in [0.2, 0.25) is 5.91 Å². The Hall–Kier alpha value is -0.610. The number of likely N-dealkylation sites (tertiary alicyclic amines) is 2. The van der Waals surface area contributed by atoms with Crippen LogP contribution in [0, 0.1) is 0 Å². The summed E-state index contributed by atoms with van der Waals surface area (Å²) in [6, 6.07) is 0.741. The standard InChI is InChI=1S/C14H27N3O/c1-2-15-8-5-14(18)17-11-6-13(7-12-17)16-9-3-4-10-16/h13,15H,2-12H2,1H3. The van der Waals surface area contributed by atoms with E-state index in [0.717, 1.165) is 32.2 Å². The normalized spacial score (nSPS) is 22.6. The van der Waals surface area contributed by atoms with Crippen LogP contribution in [0.15, 0.2) is 0 Å². The number of piperidine rings is 1. The van der Waals surface area contributed by atoms with E-state index in [0.29, 0.717) is 12.3 Å². The van der Waals surface area contributed by atoms with E-state index in [4.69, 9.17) is 0 Å². The molecular weight excluding hydrogens is 226 g/mol. The van der Waals surface area contributed by atoms with Crippen molar-refractivity contribution in [1.29, 1.82) is 0 Å². The quantitative estimate of drug-likeness (QED) is 0.745. The van der Waals surface area contributed by atoms with Crippen molar-refractivity contribution in [3.63, 3.8) is 0 Å². The van der Waals surface area contributed by atoms with E-state index in [2.05, 4.69) is 22.0 Å². The first-order chi connectivity index (χ1) is 8.81. The van der Waals surface area contributed by atoms with Crippen molar-refractivity contribution < 1.29 is 4.79 Å². The molecule has 1 N–H and O–H groups in total. The summed E-state index contributed by atoms with van der Waals surface area (Å²) in [4.78, 5) is 16.7. The van der Waals surface area contributed by atoms with Crippen LogP contribution in [0.1, 0.15) is 39.0 Å². The van der Waals surface area contributed by atoms with Crippen molar-refractivity contribution in [3.05, 3.63) is 0 Å². The molecule has 0 radical (unpaired) electrons. The Balaban J connectivity index is 1.67. The van der Waals surface area contributed by atoms with Crippen LogP contribution in [0.2, 0.25) is 0 Å². The van der Waals surface area contributed by atoms with E-state index in [1.54, 1.807) is 0 Å². The molecule has 2 aliphatic rings. The second kappa shape index (κ2) is 7.10. The van der Waals surface area contributed by atoms with Gasteiger partial charge >= 0.3 is 0 Å². The number of rotatable bonds is 5. The van der Waals surface area contributed by atoms with Gasteiger partial charge in [-0.1, -0.05) is 6.92 Å². The lowest BCUT2D eigenvalue weighted by Crippen LogP contribution is -2.46. The van der Waals surface area contributed by atoms with Crippen LogP contribution < -0.4 is 5.32 Å². The Morgan fingerprint density at radius 2 is 1.83 bits per heavy atom. The molecule has 0 spiro atoms. The molecule has 1 amide bonds. The zero-order chi connectivity index (χ0) is 12.8. The fraction of sp³-hybridized carbons (Fsp3) is 0.929. The summed E-state index contributed by atoms with van der Waals surface area (Å²) in [6.45, 7) is 8.33. The van der Waals surface area contributed by atoms with Gasteiger partial charge in [0.25, 0.3) is 0 Å². The molecule has 2 fully saturated rings. The Kier molecular flexibility index (Phi) is 5.45. The number of amides is 1. The highest BCUT2D eigenvalue weighted by atomic mass is 16.2. The van der Waals surface area contributed by atoms with Crippen molar-refractivity contribution in [2.45, 2.75) is 45.1 Å². The summed E-state index contributed by atoms with van der Waals surface area (Å²) in [5.74, 6) is 0.329. The van der Waals surface area contributed by atoms with E-state index < -0.39 is 0 Å². The highest BCUT2D eigenvalue weighted by molar-refractivity contribution is 5.76. The number of nitrogens with zero attached hydrogens (tertiary/aromatic N) is 2. The molecule has 104 valence electrons. The van der Waals surface area contributed by atoms with Gasteiger partial charge in [0, 0.05) is 32.1 Å². The highest BCUT2D eigenvalue weighted by Crippen LogP contribution is 2.21. The van der Waals surface area contributed by atoms with Crippen LogP contribution in [0.25, 0.3) is 0 Å². The van der Waals surface area contributed by atoms with Gasteiger partial charge in [0.1, 0.15) is 0 Å². The fourth-order valence-corrected chi connectivity index (χ4v) is 3.12. The third kappa shape index (κ3) is 3.69. The smallest absolute Gasteiger partial charge is 0.223 e. The molecule has 0 aromatic heterocycles. The maximum absolute atomic E-state index is 12.0. The SMILES string of the molecule is CCNCCC(=O)N1CCC(N2CCCC2)CC1. The molecule has 2 rings (SSSR count). The lowest BCUT2D eigenvalue weighted by Gasteiger charge is -2.36.